The Morgan fingerprint density at radius 3 is 2.55 bits per heavy atom. The minimum atomic E-state index is -0.158. The normalized spacial score (nSPS) is 14.5. The Bertz CT molecular complexity index is 590. The first-order valence-electron chi connectivity index (χ1n) is 6.96. The summed E-state index contributed by atoms with van der Waals surface area (Å²) in [4.78, 5) is 2.10. The van der Waals surface area contributed by atoms with Crippen molar-refractivity contribution >= 4 is 11.8 Å². The highest BCUT2D eigenvalue weighted by Gasteiger charge is 2.20. The highest BCUT2D eigenvalue weighted by atomic mass is 32.2. The third kappa shape index (κ3) is 3.84. The summed E-state index contributed by atoms with van der Waals surface area (Å²) < 4.78 is 13.7. The van der Waals surface area contributed by atoms with Crippen molar-refractivity contribution in [2.75, 3.05) is 0 Å². The zero-order valence-electron chi connectivity index (χ0n) is 11.5. The van der Waals surface area contributed by atoms with Crippen LogP contribution in [0.25, 0.3) is 0 Å². The summed E-state index contributed by atoms with van der Waals surface area (Å²) in [6.45, 7) is 2.82. The summed E-state index contributed by atoms with van der Waals surface area (Å²) in [5, 5.41) is 3.42. The lowest BCUT2D eigenvalue weighted by Gasteiger charge is -2.07. The number of hydrogen-bond donors (Lipinski definition) is 1. The van der Waals surface area contributed by atoms with Crippen LogP contribution in [0.15, 0.2) is 52.3 Å². The second kappa shape index (κ2) is 5.98. The van der Waals surface area contributed by atoms with E-state index in [-0.39, 0.29) is 5.82 Å². The largest absolute Gasteiger partial charge is 0.310 e. The third-order valence-electron chi connectivity index (χ3n) is 3.36. The van der Waals surface area contributed by atoms with Gasteiger partial charge in [0.1, 0.15) is 5.82 Å². The predicted molar refractivity (Wildman–Crippen MR) is 81.6 cm³/mol. The molecule has 0 unspecified atom stereocenters. The summed E-state index contributed by atoms with van der Waals surface area (Å²) >= 11 is 1.61. The Morgan fingerprint density at radius 1 is 1.10 bits per heavy atom. The highest BCUT2D eigenvalue weighted by molar-refractivity contribution is 7.99. The smallest absolute Gasteiger partial charge is 0.124 e. The summed E-state index contributed by atoms with van der Waals surface area (Å²) in [5.41, 5.74) is 2.26. The van der Waals surface area contributed by atoms with E-state index in [9.17, 15) is 4.39 Å². The van der Waals surface area contributed by atoms with Crippen LogP contribution in [-0.2, 0) is 6.54 Å². The van der Waals surface area contributed by atoms with Gasteiger partial charge in [0.15, 0.2) is 0 Å². The summed E-state index contributed by atoms with van der Waals surface area (Å²) in [7, 11) is 0. The van der Waals surface area contributed by atoms with Crippen LogP contribution in [0.3, 0.4) is 0 Å². The fourth-order valence-corrected chi connectivity index (χ4v) is 3.00. The molecule has 1 aliphatic carbocycles. The van der Waals surface area contributed by atoms with Crippen LogP contribution in [0.2, 0.25) is 0 Å². The van der Waals surface area contributed by atoms with Crippen LogP contribution in [-0.4, -0.2) is 6.04 Å². The van der Waals surface area contributed by atoms with Crippen molar-refractivity contribution in [2.24, 2.45) is 0 Å². The first-order valence-corrected chi connectivity index (χ1v) is 7.78. The van der Waals surface area contributed by atoms with Crippen molar-refractivity contribution in [1.29, 1.82) is 0 Å². The Kier molecular flexibility index (Phi) is 4.08. The molecule has 0 amide bonds. The lowest BCUT2D eigenvalue weighted by Crippen LogP contribution is -2.15. The Morgan fingerprint density at radius 2 is 1.85 bits per heavy atom. The molecule has 3 heteroatoms. The van der Waals surface area contributed by atoms with E-state index in [1.54, 1.807) is 23.9 Å². The fraction of sp³-hybridized carbons (Fsp3) is 0.294. The number of hydrogen-bond acceptors (Lipinski definition) is 2. The molecule has 104 valence electrons. The molecule has 1 nitrogen and oxygen atoms in total. The number of benzene rings is 2. The van der Waals surface area contributed by atoms with Gasteiger partial charge in [-0.1, -0.05) is 29.5 Å². The Hall–Kier alpha value is -1.32. The van der Waals surface area contributed by atoms with E-state index < -0.39 is 0 Å². The Balaban J connectivity index is 1.72. The molecule has 0 bridgehead atoms. The van der Waals surface area contributed by atoms with Gasteiger partial charge in [0.25, 0.3) is 0 Å². The molecule has 20 heavy (non-hydrogen) atoms. The molecule has 1 aliphatic rings. The first kappa shape index (κ1) is 13.7. The quantitative estimate of drug-likeness (QED) is 0.866. The molecular weight excluding hydrogens is 269 g/mol. The first-order chi connectivity index (χ1) is 9.69. The Labute approximate surface area is 123 Å². The highest BCUT2D eigenvalue weighted by Crippen LogP contribution is 2.29. The molecule has 0 aromatic heterocycles. The third-order valence-corrected chi connectivity index (χ3v) is 4.34. The van der Waals surface area contributed by atoms with Crippen molar-refractivity contribution in [1.82, 2.24) is 5.32 Å². The molecule has 1 N–H and O–H groups in total. The van der Waals surface area contributed by atoms with E-state index in [0.29, 0.717) is 6.04 Å². The number of halogens is 1. The van der Waals surface area contributed by atoms with Gasteiger partial charge in [-0.2, -0.15) is 0 Å². The monoisotopic (exact) mass is 287 g/mol. The maximum absolute atomic E-state index is 13.7. The van der Waals surface area contributed by atoms with Gasteiger partial charge >= 0.3 is 0 Å². The van der Waals surface area contributed by atoms with Crippen LogP contribution in [0.5, 0.6) is 0 Å². The topological polar surface area (TPSA) is 12.0 Å². The van der Waals surface area contributed by atoms with Crippen molar-refractivity contribution in [3.63, 3.8) is 0 Å². The second-order valence-electron chi connectivity index (χ2n) is 5.37. The van der Waals surface area contributed by atoms with Crippen LogP contribution in [0.1, 0.15) is 24.0 Å². The minimum absolute atomic E-state index is 0.158. The lowest BCUT2D eigenvalue weighted by atomic mass is 10.2. The van der Waals surface area contributed by atoms with Crippen LogP contribution in [0, 0.1) is 12.7 Å². The minimum Gasteiger partial charge on any atom is -0.310 e. The van der Waals surface area contributed by atoms with Gasteiger partial charge in [0.05, 0.1) is 0 Å². The van der Waals surface area contributed by atoms with Gasteiger partial charge in [-0.25, -0.2) is 4.39 Å². The zero-order valence-corrected chi connectivity index (χ0v) is 12.3. The van der Waals surface area contributed by atoms with Crippen molar-refractivity contribution in [2.45, 2.75) is 42.1 Å². The van der Waals surface area contributed by atoms with E-state index >= 15 is 0 Å². The number of rotatable bonds is 5. The molecule has 0 heterocycles. The molecule has 2 aromatic rings. The molecular formula is C17H18FNS. The van der Waals surface area contributed by atoms with Gasteiger partial charge in [0.2, 0.25) is 0 Å². The molecule has 2 aromatic carbocycles. The second-order valence-corrected chi connectivity index (χ2v) is 6.51. The summed E-state index contributed by atoms with van der Waals surface area (Å²) in [5.74, 6) is -0.158. The summed E-state index contributed by atoms with van der Waals surface area (Å²) in [6, 6.07) is 14.3. The zero-order chi connectivity index (χ0) is 13.9. The van der Waals surface area contributed by atoms with Crippen molar-refractivity contribution in [3.05, 3.63) is 59.4 Å². The molecule has 0 atom stereocenters. The molecule has 0 spiro atoms. The molecule has 0 radical (unpaired) electrons. The maximum atomic E-state index is 13.7. The average molecular weight is 287 g/mol. The van der Waals surface area contributed by atoms with Crippen molar-refractivity contribution < 1.29 is 4.39 Å². The molecule has 1 saturated carbocycles. The standard InChI is InChI=1S/C17H18FNS/c1-12-2-6-16(7-3-12)20-17-9-13(8-14(18)10-17)11-19-15-4-5-15/h2-3,6-10,15,19H,4-5,11H2,1H3. The molecule has 3 rings (SSSR count). The van der Waals surface area contributed by atoms with Gasteiger partial charge in [0, 0.05) is 22.4 Å². The van der Waals surface area contributed by atoms with E-state index in [2.05, 4.69) is 42.6 Å². The van der Waals surface area contributed by atoms with E-state index in [0.717, 1.165) is 21.9 Å². The SMILES string of the molecule is Cc1ccc(Sc2cc(F)cc(CNC3CC3)c2)cc1. The van der Waals surface area contributed by atoms with Gasteiger partial charge < -0.3 is 5.32 Å². The van der Waals surface area contributed by atoms with Gasteiger partial charge in [-0.15, -0.1) is 0 Å². The fourth-order valence-electron chi connectivity index (χ4n) is 2.07. The maximum Gasteiger partial charge on any atom is 0.124 e. The molecule has 0 saturated heterocycles. The van der Waals surface area contributed by atoms with Crippen LogP contribution < -0.4 is 5.32 Å². The average Bonchev–Trinajstić information content (AvgIpc) is 3.23. The van der Waals surface area contributed by atoms with E-state index in [4.69, 9.17) is 0 Å². The number of nitrogens with one attached hydrogen (secondary N) is 1. The predicted octanol–water partition coefficient (Wildman–Crippen LogP) is 4.54. The van der Waals surface area contributed by atoms with E-state index in [1.165, 1.54) is 18.4 Å². The van der Waals surface area contributed by atoms with Crippen molar-refractivity contribution in [3.8, 4) is 0 Å². The van der Waals surface area contributed by atoms with Gasteiger partial charge in [-0.05, 0) is 55.7 Å². The molecule has 0 aliphatic heterocycles. The number of aryl methyl sites for hydroxylation is 1. The van der Waals surface area contributed by atoms with Crippen LogP contribution >= 0.6 is 11.8 Å². The molecule has 1 fully saturated rings. The van der Waals surface area contributed by atoms with Crippen LogP contribution in [0.4, 0.5) is 4.39 Å². The van der Waals surface area contributed by atoms with Gasteiger partial charge in [-0.3, -0.25) is 0 Å². The lowest BCUT2D eigenvalue weighted by molar-refractivity contribution is 0.615. The van der Waals surface area contributed by atoms with E-state index in [1.807, 2.05) is 0 Å². The summed E-state index contributed by atoms with van der Waals surface area (Å²) in [6.07, 6.45) is 2.50.